The Morgan fingerprint density at radius 2 is 2.00 bits per heavy atom. The van der Waals surface area contributed by atoms with Gasteiger partial charge in [0.25, 0.3) is 0 Å². The number of nitrogens with zero attached hydrogens (tertiary/aromatic N) is 1. The maximum absolute atomic E-state index is 13.4. The van der Waals surface area contributed by atoms with Crippen LogP contribution in [-0.2, 0) is 6.42 Å². The zero-order valence-electron chi connectivity index (χ0n) is 11.4. The van der Waals surface area contributed by atoms with Gasteiger partial charge in [-0.15, -0.1) is 0 Å². The molecule has 1 aliphatic heterocycles. The molecular formula is C15H23FN2O. The average Bonchev–Trinajstić information content (AvgIpc) is 2.87. The normalized spacial score (nSPS) is 15.9. The van der Waals surface area contributed by atoms with E-state index in [2.05, 4.69) is 4.90 Å². The van der Waals surface area contributed by atoms with Crippen molar-refractivity contribution < 1.29 is 9.13 Å². The van der Waals surface area contributed by atoms with Crippen LogP contribution in [0.2, 0.25) is 0 Å². The van der Waals surface area contributed by atoms with Gasteiger partial charge in [0, 0.05) is 12.6 Å². The molecule has 4 heteroatoms. The third kappa shape index (κ3) is 4.80. The molecular weight excluding hydrogens is 243 g/mol. The minimum Gasteiger partial charge on any atom is -0.493 e. The second kappa shape index (κ2) is 7.46. The fourth-order valence-electron chi connectivity index (χ4n) is 2.50. The van der Waals surface area contributed by atoms with Gasteiger partial charge >= 0.3 is 0 Å². The van der Waals surface area contributed by atoms with E-state index in [9.17, 15) is 4.39 Å². The van der Waals surface area contributed by atoms with Gasteiger partial charge in [0.05, 0.1) is 6.61 Å². The number of nitrogens with two attached hydrogens (primary N) is 1. The molecule has 0 unspecified atom stereocenters. The molecule has 1 fully saturated rings. The summed E-state index contributed by atoms with van der Waals surface area (Å²) in [6, 6.07) is 4.84. The standard InChI is InChI=1S/C15H23FN2O/c16-14-10-13(4-5-17)11-15(12-14)19-9-3-8-18-6-1-2-7-18/h10-12H,1-9,17H2. The molecule has 19 heavy (non-hydrogen) atoms. The highest BCUT2D eigenvalue weighted by Gasteiger charge is 2.10. The van der Waals surface area contributed by atoms with Crippen LogP contribution >= 0.6 is 0 Å². The molecule has 2 rings (SSSR count). The highest BCUT2D eigenvalue weighted by atomic mass is 19.1. The number of ether oxygens (including phenoxy) is 1. The summed E-state index contributed by atoms with van der Waals surface area (Å²) in [5.74, 6) is 0.366. The van der Waals surface area contributed by atoms with Crippen molar-refractivity contribution in [2.45, 2.75) is 25.7 Å². The van der Waals surface area contributed by atoms with Gasteiger partial charge in [0.15, 0.2) is 0 Å². The first-order valence-electron chi connectivity index (χ1n) is 7.12. The SMILES string of the molecule is NCCc1cc(F)cc(OCCCN2CCCC2)c1. The molecule has 3 nitrogen and oxygen atoms in total. The lowest BCUT2D eigenvalue weighted by Gasteiger charge is -2.14. The third-order valence-corrected chi connectivity index (χ3v) is 3.45. The van der Waals surface area contributed by atoms with Gasteiger partial charge < -0.3 is 15.4 Å². The molecule has 0 spiro atoms. The lowest BCUT2D eigenvalue weighted by Crippen LogP contribution is -2.21. The van der Waals surface area contributed by atoms with Crippen LogP contribution in [0.3, 0.4) is 0 Å². The predicted octanol–water partition coefficient (Wildman–Crippen LogP) is 2.19. The van der Waals surface area contributed by atoms with Gasteiger partial charge in [-0.05, 0) is 63.0 Å². The Kier molecular flexibility index (Phi) is 5.61. The van der Waals surface area contributed by atoms with Crippen molar-refractivity contribution >= 4 is 0 Å². The number of rotatable bonds is 7. The van der Waals surface area contributed by atoms with Gasteiger partial charge in [-0.3, -0.25) is 0 Å². The molecule has 1 aromatic rings. The summed E-state index contributed by atoms with van der Waals surface area (Å²) < 4.78 is 19.0. The first-order valence-corrected chi connectivity index (χ1v) is 7.12. The van der Waals surface area contributed by atoms with Gasteiger partial charge in [0.1, 0.15) is 11.6 Å². The highest BCUT2D eigenvalue weighted by molar-refractivity contribution is 5.29. The Hall–Kier alpha value is -1.13. The van der Waals surface area contributed by atoms with Crippen molar-refractivity contribution in [2.24, 2.45) is 5.73 Å². The molecule has 0 radical (unpaired) electrons. The third-order valence-electron chi connectivity index (χ3n) is 3.45. The number of hydrogen-bond acceptors (Lipinski definition) is 3. The Bertz CT molecular complexity index is 392. The molecule has 0 saturated carbocycles. The Labute approximate surface area is 114 Å². The highest BCUT2D eigenvalue weighted by Crippen LogP contribution is 2.17. The summed E-state index contributed by atoms with van der Waals surface area (Å²) >= 11 is 0. The second-order valence-electron chi connectivity index (χ2n) is 5.08. The zero-order valence-corrected chi connectivity index (χ0v) is 11.4. The van der Waals surface area contributed by atoms with E-state index >= 15 is 0 Å². The minimum absolute atomic E-state index is 0.250. The van der Waals surface area contributed by atoms with E-state index in [0.717, 1.165) is 18.5 Å². The van der Waals surface area contributed by atoms with E-state index in [1.807, 2.05) is 6.07 Å². The fourth-order valence-corrected chi connectivity index (χ4v) is 2.50. The lowest BCUT2D eigenvalue weighted by molar-refractivity contribution is 0.262. The van der Waals surface area contributed by atoms with Gasteiger partial charge in [-0.2, -0.15) is 0 Å². The first kappa shape index (κ1) is 14.3. The van der Waals surface area contributed by atoms with Crippen LogP contribution < -0.4 is 10.5 Å². The molecule has 0 atom stereocenters. The number of benzene rings is 1. The molecule has 106 valence electrons. The van der Waals surface area contributed by atoms with Crippen LogP contribution in [0.25, 0.3) is 0 Å². The van der Waals surface area contributed by atoms with Crippen LogP contribution in [-0.4, -0.2) is 37.7 Å². The molecule has 2 N–H and O–H groups in total. The first-order chi connectivity index (χ1) is 9.28. The van der Waals surface area contributed by atoms with Crippen molar-refractivity contribution in [2.75, 3.05) is 32.8 Å². The molecule has 0 aliphatic carbocycles. The summed E-state index contributed by atoms with van der Waals surface area (Å²) in [4.78, 5) is 2.45. The summed E-state index contributed by atoms with van der Waals surface area (Å²) in [6.07, 6.45) is 4.30. The second-order valence-corrected chi connectivity index (χ2v) is 5.08. The van der Waals surface area contributed by atoms with Crippen molar-refractivity contribution in [3.63, 3.8) is 0 Å². The van der Waals surface area contributed by atoms with Gasteiger partial charge in [-0.25, -0.2) is 4.39 Å². The van der Waals surface area contributed by atoms with Gasteiger partial charge in [-0.1, -0.05) is 0 Å². The summed E-state index contributed by atoms with van der Waals surface area (Å²) in [6.45, 7) is 4.66. The molecule has 1 aliphatic rings. The van der Waals surface area contributed by atoms with E-state index in [-0.39, 0.29) is 5.82 Å². The fraction of sp³-hybridized carbons (Fsp3) is 0.600. The predicted molar refractivity (Wildman–Crippen MR) is 74.9 cm³/mol. The maximum Gasteiger partial charge on any atom is 0.127 e. The van der Waals surface area contributed by atoms with Crippen LogP contribution in [0.1, 0.15) is 24.8 Å². The average molecular weight is 266 g/mol. The topological polar surface area (TPSA) is 38.5 Å². The maximum atomic E-state index is 13.4. The Morgan fingerprint density at radius 1 is 1.21 bits per heavy atom. The van der Waals surface area contributed by atoms with Crippen molar-refractivity contribution in [1.82, 2.24) is 4.90 Å². The van der Waals surface area contributed by atoms with E-state index < -0.39 is 0 Å². The Balaban J connectivity index is 1.75. The van der Waals surface area contributed by atoms with E-state index in [0.29, 0.717) is 25.3 Å². The lowest BCUT2D eigenvalue weighted by atomic mass is 10.1. The van der Waals surface area contributed by atoms with Crippen LogP contribution in [0.15, 0.2) is 18.2 Å². The summed E-state index contributed by atoms with van der Waals surface area (Å²) in [5, 5.41) is 0. The largest absolute Gasteiger partial charge is 0.493 e. The van der Waals surface area contributed by atoms with Crippen molar-refractivity contribution in [3.8, 4) is 5.75 Å². The summed E-state index contributed by atoms with van der Waals surface area (Å²) in [7, 11) is 0. The zero-order chi connectivity index (χ0) is 13.5. The van der Waals surface area contributed by atoms with Crippen molar-refractivity contribution in [3.05, 3.63) is 29.6 Å². The smallest absolute Gasteiger partial charge is 0.127 e. The van der Waals surface area contributed by atoms with Crippen LogP contribution in [0.4, 0.5) is 4.39 Å². The molecule has 0 aromatic heterocycles. The number of hydrogen-bond donors (Lipinski definition) is 1. The summed E-state index contributed by atoms with van der Waals surface area (Å²) in [5.41, 5.74) is 6.38. The van der Waals surface area contributed by atoms with E-state index in [4.69, 9.17) is 10.5 Å². The molecule has 0 amide bonds. The Morgan fingerprint density at radius 3 is 2.74 bits per heavy atom. The monoisotopic (exact) mass is 266 g/mol. The number of halogens is 1. The van der Waals surface area contributed by atoms with E-state index in [1.54, 1.807) is 0 Å². The molecule has 0 bridgehead atoms. The quantitative estimate of drug-likeness (QED) is 0.769. The van der Waals surface area contributed by atoms with E-state index in [1.165, 1.54) is 38.1 Å². The van der Waals surface area contributed by atoms with Crippen molar-refractivity contribution in [1.29, 1.82) is 0 Å². The molecule has 1 heterocycles. The van der Waals surface area contributed by atoms with Crippen LogP contribution in [0.5, 0.6) is 5.75 Å². The van der Waals surface area contributed by atoms with Crippen LogP contribution in [0, 0.1) is 5.82 Å². The van der Waals surface area contributed by atoms with Gasteiger partial charge in [0.2, 0.25) is 0 Å². The number of likely N-dealkylation sites (tertiary alicyclic amines) is 1. The minimum atomic E-state index is -0.250. The molecule has 1 aromatic carbocycles. The molecule has 1 saturated heterocycles.